The Bertz CT molecular complexity index is 734. The van der Waals surface area contributed by atoms with Gasteiger partial charge in [0.2, 0.25) is 16.9 Å². The second-order valence-corrected chi connectivity index (χ2v) is 7.56. The summed E-state index contributed by atoms with van der Waals surface area (Å²) in [5.41, 5.74) is 1.66. The first-order valence-corrected chi connectivity index (χ1v) is 8.56. The van der Waals surface area contributed by atoms with Crippen molar-refractivity contribution >= 4 is 28.3 Å². The number of rotatable bonds is 5. The fraction of sp³-hybridized carbons (Fsp3) is 0.412. The number of carbonyl (C=O) groups excluding carboxylic acids is 2. The third kappa shape index (κ3) is 5.13. The highest BCUT2D eigenvalue weighted by Crippen LogP contribution is 2.26. The third-order valence-electron chi connectivity index (χ3n) is 3.26. The normalized spacial score (nSPS) is 11.2. The van der Waals surface area contributed by atoms with Gasteiger partial charge in [0.1, 0.15) is 5.01 Å². The summed E-state index contributed by atoms with van der Waals surface area (Å²) in [7, 11) is 0. The van der Waals surface area contributed by atoms with Crippen LogP contribution in [0.1, 0.15) is 32.8 Å². The number of aromatic nitrogens is 2. The number of aryl methyl sites for hydroxylation is 1. The molecule has 0 fully saturated rings. The van der Waals surface area contributed by atoms with Crippen molar-refractivity contribution in [2.75, 3.05) is 11.9 Å². The van der Waals surface area contributed by atoms with Crippen LogP contribution in [0.3, 0.4) is 0 Å². The summed E-state index contributed by atoms with van der Waals surface area (Å²) in [6.45, 7) is 7.80. The summed E-state index contributed by atoms with van der Waals surface area (Å²) in [5.74, 6) is -0.274. The Hall–Kier alpha value is -2.28. The molecule has 0 unspecified atom stereocenters. The fourth-order valence-electron chi connectivity index (χ4n) is 1.90. The van der Waals surface area contributed by atoms with Gasteiger partial charge in [0.05, 0.1) is 0 Å². The van der Waals surface area contributed by atoms with Gasteiger partial charge in [-0.15, -0.1) is 10.2 Å². The summed E-state index contributed by atoms with van der Waals surface area (Å²) in [6.07, 6.45) is 0.196. The van der Waals surface area contributed by atoms with Crippen LogP contribution in [-0.4, -0.2) is 28.6 Å². The van der Waals surface area contributed by atoms with Gasteiger partial charge in [-0.3, -0.25) is 9.59 Å². The Morgan fingerprint density at radius 1 is 1.21 bits per heavy atom. The molecule has 7 heteroatoms. The predicted molar refractivity (Wildman–Crippen MR) is 95.8 cm³/mol. The van der Waals surface area contributed by atoms with E-state index in [-0.39, 0.29) is 18.2 Å². The Morgan fingerprint density at radius 2 is 1.96 bits per heavy atom. The van der Waals surface area contributed by atoms with Gasteiger partial charge in [-0.25, -0.2) is 0 Å². The van der Waals surface area contributed by atoms with Gasteiger partial charge < -0.3 is 10.6 Å². The van der Waals surface area contributed by atoms with Crippen molar-refractivity contribution in [2.45, 2.75) is 34.1 Å². The van der Waals surface area contributed by atoms with E-state index < -0.39 is 5.41 Å². The lowest BCUT2D eigenvalue weighted by molar-refractivity contribution is -0.128. The second-order valence-electron chi connectivity index (χ2n) is 6.59. The highest BCUT2D eigenvalue weighted by Gasteiger charge is 2.20. The van der Waals surface area contributed by atoms with E-state index in [0.717, 1.165) is 16.1 Å². The molecular weight excluding hydrogens is 324 g/mol. The Labute approximate surface area is 145 Å². The lowest BCUT2D eigenvalue weighted by atomic mass is 9.96. The molecule has 0 saturated heterocycles. The Kier molecular flexibility index (Phi) is 5.66. The minimum absolute atomic E-state index is 0.0760. The lowest BCUT2D eigenvalue weighted by Crippen LogP contribution is -2.36. The maximum atomic E-state index is 11.9. The molecule has 128 valence electrons. The molecule has 1 aromatic heterocycles. The van der Waals surface area contributed by atoms with E-state index in [1.807, 2.05) is 52.0 Å². The number of anilines is 1. The third-order valence-corrected chi connectivity index (χ3v) is 4.14. The molecule has 0 atom stereocenters. The average Bonchev–Trinajstić information content (AvgIpc) is 2.94. The van der Waals surface area contributed by atoms with Gasteiger partial charge in [-0.05, 0) is 13.0 Å². The van der Waals surface area contributed by atoms with Gasteiger partial charge in [0, 0.05) is 23.9 Å². The molecule has 0 aliphatic carbocycles. The molecule has 0 saturated carbocycles. The predicted octanol–water partition coefficient (Wildman–Crippen LogP) is 3.00. The Balaban J connectivity index is 1.86. The van der Waals surface area contributed by atoms with Gasteiger partial charge in [0.25, 0.3) is 0 Å². The SMILES string of the molecule is Cc1cccc(-c2nnc(NC(=O)CCNC(=O)C(C)(C)C)s2)c1. The maximum absolute atomic E-state index is 11.9. The van der Waals surface area contributed by atoms with Crippen LogP contribution in [0.4, 0.5) is 5.13 Å². The molecular formula is C17H22N4O2S. The summed E-state index contributed by atoms with van der Waals surface area (Å²) in [4.78, 5) is 23.6. The second kappa shape index (κ2) is 7.53. The van der Waals surface area contributed by atoms with Crippen LogP contribution >= 0.6 is 11.3 Å². The molecule has 2 aromatic rings. The standard InChI is InChI=1S/C17H22N4O2S/c1-11-6-5-7-12(10-11)14-20-21-16(24-14)19-13(22)8-9-18-15(23)17(2,3)4/h5-7,10H,8-9H2,1-4H3,(H,18,23)(H,19,21,22). The summed E-state index contributed by atoms with van der Waals surface area (Å²) >= 11 is 1.33. The Morgan fingerprint density at radius 3 is 2.62 bits per heavy atom. The molecule has 0 spiro atoms. The van der Waals surface area contributed by atoms with Crippen molar-refractivity contribution in [1.29, 1.82) is 0 Å². The molecule has 0 aliphatic rings. The molecule has 1 heterocycles. The van der Waals surface area contributed by atoms with Crippen LogP contribution < -0.4 is 10.6 Å². The average molecular weight is 346 g/mol. The van der Waals surface area contributed by atoms with Crippen molar-refractivity contribution in [1.82, 2.24) is 15.5 Å². The van der Waals surface area contributed by atoms with Crippen LogP contribution in [0, 0.1) is 12.3 Å². The van der Waals surface area contributed by atoms with E-state index in [1.54, 1.807) is 0 Å². The lowest BCUT2D eigenvalue weighted by Gasteiger charge is -2.17. The van der Waals surface area contributed by atoms with E-state index in [0.29, 0.717) is 11.7 Å². The fourth-order valence-corrected chi connectivity index (χ4v) is 2.66. The van der Waals surface area contributed by atoms with Crippen molar-refractivity contribution < 1.29 is 9.59 Å². The smallest absolute Gasteiger partial charge is 0.227 e. The molecule has 0 radical (unpaired) electrons. The molecule has 1 aromatic carbocycles. The molecule has 24 heavy (non-hydrogen) atoms. The van der Waals surface area contributed by atoms with Gasteiger partial charge in [-0.1, -0.05) is 55.9 Å². The highest BCUT2D eigenvalue weighted by atomic mass is 32.1. The zero-order valence-corrected chi connectivity index (χ0v) is 15.2. The van der Waals surface area contributed by atoms with Crippen molar-refractivity contribution in [3.63, 3.8) is 0 Å². The van der Waals surface area contributed by atoms with Gasteiger partial charge >= 0.3 is 0 Å². The number of carbonyl (C=O) groups is 2. The first-order chi connectivity index (χ1) is 11.3. The summed E-state index contributed by atoms with van der Waals surface area (Å²) in [5, 5.41) is 14.8. The van der Waals surface area contributed by atoms with Crippen LogP contribution in [0.5, 0.6) is 0 Å². The first-order valence-electron chi connectivity index (χ1n) is 7.74. The van der Waals surface area contributed by atoms with Crippen molar-refractivity contribution in [3.8, 4) is 10.6 Å². The molecule has 6 nitrogen and oxygen atoms in total. The van der Waals surface area contributed by atoms with E-state index in [2.05, 4.69) is 20.8 Å². The van der Waals surface area contributed by atoms with Crippen LogP contribution in [0.2, 0.25) is 0 Å². The molecule has 2 rings (SSSR count). The molecule has 0 aliphatic heterocycles. The largest absolute Gasteiger partial charge is 0.355 e. The number of amides is 2. The van der Waals surface area contributed by atoms with Gasteiger partial charge in [0.15, 0.2) is 0 Å². The minimum atomic E-state index is -0.460. The zero-order valence-electron chi connectivity index (χ0n) is 14.3. The van der Waals surface area contributed by atoms with Crippen LogP contribution in [-0.2, 0) is 9.59 Å². The summed E-state index contributed by atoms with van der Waals surface area (Å²) < 4.78 is 0. The number of hydrogen-bond donors (Lipinski definition) is 2. The quantitative estimate of drug-likeness (QED) is 0.872. The monoisotopic (exact) mass is 346 g/mol. The van der Waals surface area contributed by atoms with Gasteiger partial charge in [-0.2, -0.15) is 0 Å². The number of benzene rings is 1. The van der Waals surface area contributed by atoms with Crippen molar-refractivity contribution in [2.24, 2.45) is 5.41 Å². The van der Waals surface area contributed by atoms with E-state index in [4.69, 9.17) is 0 Å². The summed E-state index contributed by atoms with van der Waals surface area (Å²) in [6, 6.07) is 7.95. The maximum Gasteiger partial charge on any atom is 0.227 e. The van der Waals surface area contributed by atoms with Crippen molar-refractivity contribution in [3.05, 3.63) is 29.8 Å². The minimum Gasteiger partial charge on any atom is -0.355 e. The number of hydrogen-bond acceptors (Lipinski definition) is 5. The van der Waals surface area contributed by atoms with Crippen LogP contribution in [0.15, 0.2) is 24.3 Å². The van der Waals surface area contributed by atoms with E-state index in [1.165, 1.54) is 11.3 Å². The van der Waals surface area contributed by atoms with Crippen LogP contribution in [0.25, 0.3) is 10.6 Å². The first kappa shape index (κ1) is 18.1. The highest BCUT2D eigenvalue weighted by molar-refractivity contribution is 7.18. The topological polar surface area (TPSA) is 84.0 Å². The number of nitrogens with zero attached hydrogens (tertiary/aromatic N) is 2. The van der Waals surface area contributed by atoms with E-state index in [9.17, 15) is 9.59 Å². The molecule has 2 amide bonds. The zero-order chi connectivity index (χ0) is 17.7. The molecule has 0 bridgehead atoms. The number of nitrogens with one attached hydrogen (secondary N) is 2. The van der Waals surface area contributed by atoms with E-state index >= 15 is 0 Å². The molecule has 2 N–H and O–H groups in total.